The second-order valence-corrected chi connectivity index (χ2v) is 6.38. The maximum Gasteiger partial charge on any atom is 0.249 e. The molecule has 4 rings (SSSR count). The van der Waals surface area contributed by atoms with Crippen molar-refractivity contribution in [3.63, 3.8) is 0 Å². The third-order valence-electron chi connectivity index (χ3n) is 4.06. The Morgan fingerprint density at radius 2 is 1.95 bits per heavy atom. The van der Waals surface area contributed by atoms with E-state index in [0.29, 0.717) is 5.89 Å². The van der Waals surface area contributed by atoms with Crippen LogP contribution in [0.1, 0.15) is 41.0 Å². The van der Waals surface area contributed by atoms with E-state index in [2.05, 4.69) is 22.3 Å². The van der Waals surface area contributed by atoms with Crippen LogP contribution in [0.2, 0.25) is 0 Å². The molecule has 4 nitrogen and oxygen atoms in total. The van der Waals surface area contributed by atoms with Crippen molar-refractivity contribution >= 4 is 11.3 Å². The Labute approximate surface area is 126 Å². The second kappa shape index (κ2) is 4.79. The molecule has 2 aromatic heterocycles. The van der Waals surface area contributed by atoms with Crippen molar-refractivity contribution in [3.05, 3.63) is 70.0 Å². The maximum absolute atomic E-state index is 6.19. The lowest BCUT2D eigenvalue weighted by Gasteiger charge is -2.10. The minimum absolute atomic E-state index is 0.0713. The summed E-state index contributed by atoms with van der Waals surface area (Å²) in [5.41, 5.74) is 7.37. The monoisotopic (exact) mass is 297 g/mol. The van der Waals surface area contributed by atoms with Crippen LogP contribution in [0, 0.1) is 0 Å². The predicted molar refractivity (Wildman–Crippen MR) is 81.1 cm³/mol. The zero-order valence-corrected chi connectivity index (χ0v) is 12.2. The van der Waals surface area contributed by atoms with Crippen molar-refractivity contribution < 1.29 is 4.52 Å². The van der Waals surface area contributed by atoms with Gasteiger partial charge < -0.3 is 10.3 Å². The first-order chi connectivity index (χ1) is 10.3. The van der Waals surface area contributed by atoms with Crippen LogP contribution in [0.4, 0.5) is 0 Å². The van der Waals surface area contributed by atoms with Gasteiger partial charge in [0.15, 0.2) is 5.82 Å². The number of thiophene rings is 1. The summed E-state index contributed by atoms with van der Waals surface area (Å²) in [5.74, 6) is 1.25. The fourth-order valence-electron chi connectivity index (χ4n) is 2.67. The maximum atomic E-state index is 6.19. The highest BCUT2D eigenvalue weighted by atomic mass is 32.1. The molecule has 1 saturated carbocycles. The van der Waals surface area contributed by atoms with Crippen molar-refractivity contribution in [2.45, 2.75) is 24.3 Å². The van der Waals surface area contributed by atoms with Crippen LogP contribution in [0.25, 0.3) is 0 Å². The Balaban J connectivity index is 1.66. The molecule has 1 aliphatic rings. The third kappa shape index (κ3) is 2.09. The number of aromatic nitrogens is 2. The van der Waals surface area contributed by atoms with Crippen LogP contribution in [-0.4, -0.2) is 10.1 Å². The zero-order valence-electron chi connectivity index (χ0n) is 11.4. The van der Waals surface area contributed by atoms with E-state index in [0.717, 1.165) is 23.5 Å². The molecule has 106 valence electrons. The fraction of sp³-hybridized carbons (Fsp3) is 0.250. The lowest BCUT2D eigenvalue weighted by Crippen LogP contribution is -2.13. The second-order valence-electron chi connectivity index (χ2n) is 5.40. The van der Waals surface area contributed by atoms with Gasteiger partial charge in [-0.3, -0.25) is 0 Å². The molecule has 0 radical (unpaired) electrons. The van der Waals surface area contributed by atoms with Gasteiger partial charge in [-0.15, -0.1) is 11.3 Å². The first-order valence-corrected chi connectivity index (χ1v) is 7.86. The Morgan fingerprint density at radius 1 is 1.14 bits per heavy atom. The van der Waals surface area contributed by atoms with Crippen molar-refractivity contribution in [3.8, 4) is 0 Å². The summed E-state index contributed by atoms with van der Waals surface area (Å²) in [6, 6.07) is 14.0. The Kier molecular flexibility index (Phi) is 2.90. The summed E-state index contributed by atoms with van der Waals surface area (Å²) >= 11 is 1.60. The van der Waals surface area contributed by atoms with Gasteiger partial charge in [0, 0.05) is 4.88 Å². The van der Waals surface area contributed by atoms with E-state index < -0.39 is 0 Å². The van der Waals surface area contributed by atoms with E-state index in [4.69, 9.17) is 10.3 Å². The van der Waals surface area contributed by atoms with E-state index >= 15 is 0 Å². The normalized spacial score (nSPS) is 17.6. The molecule has 1 fully saturated rings. The van der Waals surface area contributed by atoms with E-state index in [1.54, 1.807) is 11.3 Å². The van der Waals surface area contributed by atoms with E-state index in [-0.39, 0.29) is 11.5 Å². The van der Waals surface area contributed by atoms with Gasteiger partial charge in [-0.05, 0) is 29.9 Å². The van der Waals surface area contributed by atoms with Crippen LogP contribution in [0.15, 0.2) is 52.4 Å². The van der Waals surface area contributed by atoms with Gasteiger partial charge in [-0.1, -0.05) is 41.6 Å². The van der Waals surface area contributed by atoms with Gasteiger partial charge in [0.05, 0.1) is 5.41 Å². The molecule has 0 spiro atoms. The van der Waals surface area contributed by atoms with Crippen LogP contribution in [0.5, 0.6) is 0 Å². The highest BCUT2D eigenvalue weighted by Gasteiger charge is 2.50. The molecule has 2 heterocycles. The van der Waals surface area contributed by atoms with Gasteiger partial charge in [-0.2, -0.15) is 4.98 Å². The molecule has 1 unspecified atom stereocenters. The van der Waals surface area contributed by atoms with Crippen molar-refractivity contribution in [2.24, 2.45) is 5.73 Å². The van der Waals surface area contributed by atoms with Gasteiger partial charge >= 0.3 is 0 Å². The Morgan fingerprint density at radius 3 is 2.62 bits per heavy atom. The van der Waals surface area contributed by atoms with Crippen LogP contribution >= 0.6 is 11.3 Å². The largest absolute Gasteiger partial charge is 0.337 e. The molecule has 2 N–H and O–H groups in total. The number of benzene rings is 1. The molecule has 5 heteroatoms. The minimum atomic E-state index is -0.335. The van der Waals surface area contributed by atoms with Gasteiger partial charge in [0.1, 0.15) is 6.04 Å². The molecule has 1 atom stereocenters. The topological polar surface area (TPSA) is 64.9 Å². The fourth-order valence-corrected chi connectivity index (χ4v) is 3.39. The van der Waals surface area contributed by atoms with Gasteiger partial charge in [-0.25, -0.2) is 0 Å². The molecule has 0 amide bonds. The molecular weight excluding hydrogens is 282 g/mol. The molecule has 1 aromatic carbocycles. The molecule has 0 saturated heterocycles. The van der Waals surface area contributed by atoms with Crippen molar-refractivity contribution in [1.82, 2.24) is 10.1 Å². The third-order valence-corrected chi connectivity index (χ3v) is 5.02. The highest BCUT2D eigenvalue weighted by molar-refractivity contribution is 7.10. The number of nitrogens with two attached hydrogens (primary N) is 1. The number of rotatable bonds is 4. The molecule has 3 aromatic rings. The van der Waals surface area contributed by atoms with Crippen molar-refractivity contribution in [1.29, 1.82) is 0 Å². The summed E-state index contributed by atoms with van der Waals surface area (Å²) in [6.45, 7) is 0. The summed E-state index contributed by atoms with van der Waals surface area (Å²) in [4.78, 5) is 5.62. The Bertz CT molecular complexity index is 732. The van der Waals surface area contributed by atoms with Crippen LogP contribution < -0.4 is 5.73 Å². The van der Waals surface area contributed by atoms with E-state index in [1.807, 2.05) is 35.7 Å². The molecule has 0 aliphatic heterocycles. The smallest absolute Gasteiger partial charge is 0.249 e. The highest BCUT2D eigenvalue weighted by Crippen LogP contribution is 2.52. The SMILES string of the molecule is NC(c1nc(C2(c3ccccc3)CC2)no1)c1cccs1. The average molecular weight is 297 g/mol. The average Bonchev–Trinajstić information content (AvgIpc) is 2.96. The van der Waals surface area contributed by atoms with Gasteiger partial charge in [0.2, 0.25) is 5.89 Å². The summed E-state index contributed by atoms with van der Waals surface area (Å²) in [6.07, 6.45) is 2.12. The standard InChI is InChI=1S/C16H15N3OS/c17-13(12-7-4-10-21-12)14-18-15(19-20-14)16(8-9-16)11-5-2-1-3-6-11/h1-7,10,13H,8-9,17H2. The Hall–Kier alpha value is -1.98. The first-order valence-electron chi connectivity index (χ1n) is 6.98. The summed E-state index contributed by atoms with van der Waals surface area (Å²) < 4.78 is 5.42. The summed E-state index contributed by atoms with van der Waals surface area (Å²) in [7, 11) is 0. The van der Waals surface area contributed by atoms with Gasteiger partial charge in [0.25, 0.3) is 0 Å². The first kappa shape index (κ1) is 12.7. The molecule has 1 aliphatic carbocycles. The van der Waals surface area contributed by atoms with Crippen LogP contribution in [0.3, 0.4) is 0 Å². The number of hydrogen-bond donors (Lipinski definition) is 1. The molecular formula is C16H15N3OS. The van der Waals surface area contributed by atoms with E-state index in [9.17, 15) is 0 Å². The van der Waals surface area contributed by atoms with Crippen molar-refractivity contribution in [2.75, 3.05) is 0 Å². The lowest BCUT2D eigenvalue weighted by molar-refractivity contribution is 0.361. The predicted octanol–water partition coefficient (Wildman–Crippen LogP) is 3.26. The number of nitrogens with zero attached hydrogens (tertiary/aromatic N) is 2. The van der Waals surface area contributed by atoms with E-state index in [1.165, 1.54) is 5.56 Å². The van der Waals surface area contributed by atoms with Crippen LogP contribution in [-0.2, 0) is 5.41 Å². The molecule has 21 heavy (non-hydrogen) atoms. The minimum Gasteiger partial charge on any atom is -0.337 e. The number of hydrogen-bond acceptors (Lipinski definition) is 5. The summed E-state index contributed by atoms with van der Waals surface area (Å²) in [5, 5.41) is 6.20. The zero-order chi connectivity index (χ0) is 14.3. The molecule has 0 bridgehead atoms. The lowest BCUT2D eigenvalue weighted by atomic mass is 9.95. The quantitative estimate of drug-likeness (QED) is 0.802.